The van der Waals surface area contributed by atoms with Crippen LogP contribution in [0.1, 0.15) is 12.8 Å². The Morgan fingerprint density at radius 1 is 1.36 bits per heavy atom. The molecule has 1 unspecified atom stereocenters. The first-order chi connectivity index (χ1) is 6.52. The monoisotopic (exact) mass is 219 g/mol. The molecule has 82 valence electrons. The van der Waals surface area contributed by atoms with Crippen molar-refractivity contribution in [2.45, 2.75) is 12.8 Å². The third-order valence-electron chi connectivity index (χ3n) is 3.39. The van der Waals surface area contributed by atoms with Crippen molar-refractivity contribution in [2.75, 3.05) is 26.0 Å². The van der Waals surface area contributed by atoms with E-state index >= 15 is 0 Å². The third-order valence-corrected chi connectivity index (χ3v) is 4.63. The molecule has 1 saturated carbocycles. The predicted molar refractivity (Wildman–Crippen MR) is 53.2 cm³/mol. The van der Waals surface area contributed by atoms with Crippen LogP contribution in [0.5, 0.6) is 0 Å². The van der Waals surface area contributed by atoms with E-state index in [9.17, 15) is 13.5 Å². The van der Waals surface area contributed by atoms with Gasteiger partial charge in [0.2, 0.25) is 10.0 Å². The third kappa shape index (κ3) is 1.94. The number of hydrogen-bond acceptors (Lipinski definition) is 3. The van der Waals surface area contributed by atoms with Crippen molar-refractivity contribution in [1.82, 2.24) is 4.31 Å². The fourth-order valence-electron chi connectivity index (χ4n) is 2.22. The Bertz CT molecular complexity index is 304. The second-order valence-electron chi connectivity index (χ2n) is 4.52. The lowest BCUT2D eigenvalue weighted by atomic mass is 9.84. The van der Waals surface area contributed by atoms with E-state index in [4.69, 9.17) is 0 Å². The highest BCUT2D eigenvalue weighted by molar-refractivity contribution is 7.88. The molecule has 0 radical (unpaired) electrons. The number of rotatable bonds is 4. The number of nitrogens with zero attached hydrogens (tertiary/aromatic N) is 1. The van der Waals surface area contributed by atoms with E-state index in [0.717, 1.165) is 0 Å². The van der Waals surface area contributed by atoms with Crippen LogP contribution in [-0.4, -0.2) is 43.8 Å². The average Bonchev–Trinajstić information content (AvgIpc) is 2.74. The largest absolute Gasteiger partial charge is 0.396 e. The van der Waals surface area contributed by atoms with Gasteiger partial charge in [-0.3, -0.25) is 0 Å². The molecule has 1 atom stereocenters. The van der Waals surface area contributed by atoms with Gasteiger partial charge in [-0.15, -0.1) is 0 Å². The smallest absolute Gasteiger partial charge is 0.211 e. The molecule has 1 aliphatic heterocycles. The topological polar surface area (TPSA) is 57.6 Å². The summed E-state index contributed by atoms with van der Waals surface area (Å²) in [4.78, 5) is 0. The first kappa shape index (κ1) is 10.4. The molecule has 5 heteroatoms. The molecule has 1 heterocycles. The fourth-order valence-corrected chi connectivity index (χ4v) is 3.14. The normalized spacial score (nSPS) is 27.3. The van der Waals surface area contributed by atoms with Crippen LogP contribution < -0.4 is 0 Å². The Labute approximate surface area is 85.0 Å². The van der Waals surface area contributed by atoms with Crippen LogP contribution in [-0.2, 0) is 10.0 Å². The first-order valence-corrected chi connectivity index (χ1v) is 6.93. The summed E-state index contributed by atoms with van der Waals surface area (Å²) in [5.74, 6) is 1.39. The number of sulfonamides is 1. The lowest BCUT2D eigenvalue weighted by molar-refractivity contribution is 0.0744. The second-order valence-corrected chi connectivity index (χ2v) is 6.51. The van der Waals surface area contributed by atoms with E-state index < -0.39 is 10.0 Å². The van der Waals surface area contributed by atoms with E-state index in [1.807, 2.05) is 0 Å². The van der Waals surface area contributed by atoms with Gasteiger partial charge in [-0.2, -0.15) is 0 Å². The molecule has 1 N–H and O–H groups in total. The maximum atomic E-state index is 11.1. The Morgan fingerprint density at radius 2 is 1.93 bits per heavy atom. The van der Waals surface area contributed by atoms with Crippen LogP contribution in [0.2, 0.25) is 0 Å². The summed E-state index contributed by atoms with van der Waals surface area (Å²) in [5, 5.41) is 9.19. The van der Waals surface area contributed by atoms with Crippen molar-refractivity contribution in [3.63, 3.8) is 0 Å². The molecule has 0 spiro atoms. The molecular weight excluding hydrogens is 202 g/mol. The molecular formula is C9H17NO3S. The minimum Gasteiger partial charge on any atom is -0.396 e. The van der Waals surface area contributed by atoms with E-state index in [0.29, 0.717) is 30.8 Å². The Kier molecular flexibility index (Phi) is 2.57. The summed E-state index contributed by atoms with van der Waals surface area (Å²) in [7, 11) is -2.99. The van der Waals surface area contributed by atoms with Gasteiger partial charge in [0.25, 0.3) is 0 Å². The summed E-state index contributed by atoms with van der Waals surface area (Å²) >= 11 is 0. The standard InChI is InChI=1S/C9H17NO3S/c1-14(12,13)10-4-8(5-10)9(6-11)7-2-3-7/h7-9,11H,2-6H2,1H3. The lowest BCUT2D eigenvalue weighted by Gasteiger charge is -2.41. The van der Waals surface area contributed by atoms with Gasteiger partial charge in [0.15, 0.2) is 0 Å². The molecule has 0 aromatic rings. The molecule has 0 bridgehead atoms. The van der Waals surface area contributed by atoms with Gasteiger partial charge in [0.05, 0.1) is 6.26 Å². The zero-order chi connectivity index (χ0) is 10.3. The van der Waals surface area contributed by atoms with Crippen molar-refractivity contribution in [1.29, 1.82) is 0 Å². The van der Waals surface area contributed by atoms with Crippen molar-refractivity contribution >= 4 is 10.0 Å². The van der Waals surface area contributed by atoms with Crippen molar-refractivity contribution in [3.8, 4) is 0 Å². The minimum atomic E-state index is -2.99. The van der Waals surface area contributed by atoms with Crippen molar-refractivity contribution in [2.24, 2.45) is 17.8 Å². The van der Waals surface area contributed by atoms with Gasteiger partial charge < -0.3 is 5.11 Å². The maximum Gasteiger partial charge on any atom is 0.211 e. The summed E-state index contributed by atoms with van der Waals surface area (Å²) in [6.07, 6.45) is 3.66. The average molecular weight is 219 g/mol. The molecule has 0 aromatic carbocycles. The molecule has 1 aliphatic carbocycles. The van der Waals surface area contributed by atoms with Crippen LogP contribution in [0.25, 0.3) is 0 Å². The number of aliphatic hydroxyl groups is 1. The number of aliphatic hydroxyl groups excluding tert-OH is 1. The molecule has 0 aromatic heterocycles. The highest BCUT2D eigenvalue weighted by atomic mass is 32.2. The van der Waals surface area contributed by atoms with E-state index in [-0.39, 0.29) is 6.61 Å². The van der Waals surface area contributed by atoms with Gasteiger partial charge in [0, 0.05) is 19.7 Å². The van der Waals surface area contributed by atoms with Gasteiger partial charge in [0.1, 0.15) is 0 Å². The zero-order valence-corrected chi connectivity index (χ0v) is 9.20. The summed E-state index contributed by atoms with van der Waals surface area (Å²) in [6.45, 7) is 1.44. The molecule has 2 aliphatic rings. The number of hydrogen-bond donors (Lipinski definition) is 1. The summed E-state index contributed by atoms with van der Waals surface area (Å²) in [5.41, 5.74) is 0. The van der Waals surface area contributed by atoms with E-state index in [1.54, 1.807) is 0 Å². The first-order valence-electron chi connectivity index (χ1n) is 5.08. The van der Waals surface area contributed by atoms with Crippen LogP contribution in [0, 0.1) is 17.8 Å². The minimum absolute atomic E-state index is 0.215. The lowest BCUT2D eigenvalue weighted by Crippen LogP contribution is -2.53. The van der Waals surface area contributed by atoms with Gasteiger partial charge >= 0.3 is 0 Å². The Morgan fingerprint density at radius 3 is 2.29 bits per heavy atom. The van der Waals surface area contributed by atoms with E-state index in [1.165, 1.54) is 23.4 Å². The van der Waals surface area contributed by atoms with Crippen molar-refractivity contribution in [3.05, 3.63) is 0 Å². The van der Waals surface area contributed by atoms with Crippen LogP contribution >= 0.6 is 0 Å². The van der Waals surface area contributed by atoms with Crippen molar-refractivity contribution < 1.29 is 13.5 Å². The molecule has 2 fully saturated rings. The molecule has 1 saturated heterocycles. The van der Waals surface area contributed by atoms with Gasteiger partial charge in [-0.05, 0) is 30.6 Å². The van der Waals surface area contributed by atoms with Gasteiger partial charge in [-0.25, -0.2) is 12.7 Å². The fraction of sp³-hybridized carbons (Fsp3) is 1.00. The molecule has 14 heavy (non-hydrogen) atoms. The van der Waals surface area contributed by atoms with Crippen LogP contribution in [0.15, 0.2) is 0 Å². The summed E-state index contributed by atoms with van der Waals surface area (Å²) in [6, 6.07) is 0. The summed E-state index contributed by atoms with van der Waals surface area (Å²) < 4.78 is 23.7. The maximum absolute atomic E-state index is 11.1. The van der Waals surface area contributed by atoms with Crippen LogP contribution in [0.4, 0.5) is 0 Å². The van der Waals surface area contributed by atoms with Crippen LogP contribution in [0.3, 0.4) is 0 Å². The quantitative estimate of drug-likeness (QED) is 0.718. The molecule has 0 amide bonds. The predicted octanol–water partition coefficient (Wildman–Crippen LogP) is -0.104. The zero-order valence-electron chi connectivity index (χ0n) is 8.39. The van der Waals surface area contributed by atoms with E-state index in [2.05, 4.69) is 0 Å². The molecule has 4 nitrogen and oxygen atoms in total. The highest BCUT2D eigenvalue weighted by Gasteiger charge is 2.43. The Balaban J connectivity index is 1.87. The Hall–Kier alpha value is -0.130. The highest BCUT2D eigenvalue weighted by Crippen LogP contribution is 2.43. The van der Waals surface area contributed by atoms with Gasteiger partial charge in [-0.1, -0.05) is 0 Å². The molecule has 2 rings (SSSR count). The second kappa shape index (κ2) is 3.47. The SMILES string of the molecule is CS(=O)(=O)N1CC(C(CO)C2CC2)C1.